The normalized spacial score (nSPS) is 18.0. The Bertz CT molecular complexity index is 5760. The molecule has 10 aliphatic heterocycles. The first-order valence-corrected chi connectivity index (χ1v) is 49.6. The van der Waals surface area contributed by atoms with Gasteiger partial charge in [-0.25, -0.2) is 58.9 Å². The molecule has 7 aromatic carbocycles. The van der Waals surface area contributed by atoms with Gasteiger partial charge in [0.05, 0.1) is 86.4 Å². The number of non-ortho nitro benzene ring substituents is 3. The SMILES string of the molecule is C1CCNC1.CC(C)N1CCOc2c(F)cc(-c3nc(Cl)ncc3F)cc21.CC(C)N1CCOc2c(F)cc(-c3nc(Nc4ccc(N5CCC(N6CCCC6)CC5)c(F)c4)ccc3F)cc21.Nc1ccc(N2CCC(N3CCCC3)CC2)c(F)c1.O=C1CCCCC1.O=C1CCN(c2ccc([N+](=O)[O-])cc2F)CC1.O=[N+]([O-])c1ccc(F)c(F)c1.O=[N+]([O-])c1ccc(N2CCC(N3CCCC3)CC2)c(F)c1. The Morgan fingerprint density at radius 3 is 1.15 bits per heavy atom. The highest BCUT2D eigenvalue weighted by atomic mass is 35.5. The second-order valence-corrected chi connectivity index (χ2v) is 37.7. The van der Waals surface area contributed by atoms with Crippen LogP contribution in [0.1, 0.15) is 163 Å². The van der Waals surface area contributed by atoms with Gasteiger partial charge in [0.2, 0.25) is 5.28 Å². The number of benzene rings is 7. The number of hydrogen-bond acceptors (Lipinski definition) is 25. The van der Waals surface area contributed by atoms with Crippen molar-refractivity contribution in [2.24, 2.45) is 0 Å². The smallest absolute Gasteiger partial charge is 0.272 e. The summed E-state index contributed by atoms with van der Waals surface area (Å²) in [6.45, 7) is 26.0. The molecule has 0 amide bonds. The third kappa shape index (κ3) is 29.3. The molecular formula is C103H125ClF10N18O10. The van der Waals surface area contributed by atoms with Crippen LogP contribution in [0.3, 0.4) is 0 Å². The third-order valence-electron chi connectivity index (χ3n) is 27.2. The molecule has 9 fully saturated rings. The van der Waals surface area contributed by atoms with E-state index in [-0.39, 0.29) is 69.0 Å². The highest BCUT2D eigenvalue weighted by Crippen LogP contribution is 2.43. The number of nitrogen functional groups attached to an aromatic ring is 1. The van der Waals surface area contributed by atoms with Crippen molar-refractivity contribution in [2.45, 2.75) is 193 Å². The topological polar surface area (TPSA) is 300 Å². The summed E-state index contributed by atoms with van der Waals surface area (Å²) in [5.74, 6) is -4.91. The number of carbonyl (C=O) groups is 2. The quantitative estimate of drug-likeness (QED) is 0.0266. The Kier molecular flexibility index (Phi) is 38.9. The average Bonchev–Trinajstić information content (AvgIpc) is 1.12. The van der Waals surface area contributed by atoms with Crippen molar-refractivity contribution >= 4 is 91.5 Å². The maximum Gasteiger partial charge on any atom is 0.272 e. The molecular weight excluding hydrogens is 1870 g/mol. The van der Waals surface area contributed by atoms with Gasteiger partial charge in [-0.3, -0.25) is 39.9 Å². The first kappa shape index (κ1) is 107. The Balaban J connectivity index is 0.000000145. The van der Waals surface area contributed by atoms with Gasteiger partial charge in [-0.2, -0.15) is 0 Å². The summed E-state index contributed by atoms with van der Waals surface area (Å²) in [6, 6.07) is 30.5. The Hall–Kier alpha value is -12.3. The van der Waals surface area contributed by atoms with E-state index < -0.39 is 67.0 Å². The molecule has 20 rings (SSSR count). The van der Waals surface area contributed by atoms with Crippen LogP contribution in [-0.4, -0.2) is 217 Å². The first-order chi connectivity index (χ1) is 68.3. The maximum absolute atomic E-state index is 15.2. The number of nitrogens with two attached hydrogens (primary N) is 1. The number of fused-ring (bicyclic) bond motifs is 2. The molecule has 0 radical (unpaired) electrons. The van der Waals surface area contributed by atoms with Crippen LogP contribution < -0.4 is 55.2 Å². The predicted octanol–water partition coefficient (Wildman–Crippen LogP) is 21.2. The van der Waals surface area contributed by atoms with Crippen LogP contribution in [0.15, 0.2) is 134 Å². The van der Waals surface area contributed by atoms with Crippen molar-refractivity contribution in [2.75, 3.05) is 171 Å². The van der Waals surface area contributed by atoms with E-state index in [4.69, 9.17) is 26.8 Å². The van der Waals surface area contributed by atoms with Crippen molar-refractivity contribution < 1.29 is 77.7 Å². The molecule has 0 atom stereocenters. The number of ether oxygens (including phenoxy) is 2. The number of pyridine rings is 1. The number of halogens is 11. The van der Waals surface area contributed by atoms with Gasteiger partial charge in [0.25, 0.3) is 17.1 Å². The molecule has 0 bridgehead atoms. The van der Waals surface area contributed by atoms with Crippen LogP contribution in [0.5, 0.6) is 11.5 Å². The van der Waals surface area contributed by atoms with Gasteiger partial charge in [-0.1, -0.05) is 6.42 Å². The molecule has 764 valence electrons. The van der Waals surface area contributed by atoms with Crippen molar-refractivity contribution in [1.29, 1.82) is 0 Å². The fraction of sp³-hybridized carbons (Fsp3) is 0.485. The minimum Gasteiger partial charge on any atom is -0.486 e. The number of anilines is 9. The fourth-order valence-electron chi connectivity index (χ4n) is 19.6. The molecule has 1 aliphatic carbocycles. The molecule has 4 N–H and O–H groups in total. The second-order valence-electron chi connectivity index (χ2n) is 37.4. The molecule has 142 heavy (non-hydrogen) atoms. The summed E-state index contributed by atoms with van der Waals surface area (Å²) in [5.41, 5.74) is 9.56. The number of rotatable bonds is 16. The zero-order chi connectivity index (χ0) is 101. The minimum absolute atomic E-state index is 0.0129. The van der Waals surface area contributed by atoms with E-state index in [1.807, 2.05) is 48.5 Å². The zero-order valence-corrected chi connectivity index (χ0v) is 81.4. The van der Waals surface area contributed by atoms with E-state index in [2.05, 4.69) is 50.1 Å². The summed E-state index contributed by atoms with van der Waals surface area (Å²) in [5, 5.41) is 37.3. The zero-order valence-electron chi connectivity index (χ0n) is 80.6. The van der Waals surface area contributed by atoms with Gasteiger partial charge < -0.3 is 69.9 Å². The number of nitro benzene ring substituents is 3. The number of aromatic nitrogens is 3. The second kappa shape index (κ2) is 51.6. The standard InChI is InChI=1S/C31H36F3N5O.C15H14ClF2N3O.C15H20FN3O2.C15H22FN3.C11H11FN2O3.C6H3F2NO2.C6H10O.C4H9N/c1-20(2)39-15-16-40-31-26(34)17-21(18-28(31)39)30-24(32)6-8-29(36-30)35-22-5-7-27(25(33)19-22)38-13-9-23(10-14-38)37-11-3-4-12-37;1-8(2)21-3-4-22-14-10(17)5-9(6-12(14)21)13-11(18)7-19-15(16)20-13;16-14-11-13(19(20)21)3-4-15(14)18-9-5-12(6-10-18)17-7-1-2-8-17;16-14-11-12(17)3-4-15(14)19-9-5-13(6-10-19)18-7-1-2-8-18;12-10-7-8(14(16)17)1-2-11(10)13-5-3-9(15)4-6-13;7-5-2-1-4(9(10)11)3-6(5)8;7-6-4-2-1-3-5-6;1-2-4-5-3-1/h5-8,17-20,23H,3-4,9-16H2,1-2H3,(H,35,36);5-8H,3-4H2,1-2H3;3-4,11-12H,1-2,5-10H2;3-4,11,13H,1-2,5-10,17H2;1-2,7H,3-6H2;1-3H;1-5H2;5H,1-4H2. The Morgan fingerprint density at radius 2 is 0.768 bits per heavy atom. The van der Waals surface area contributed by atoms with Crippen LogP contribution in [0.25, 0.3) is 22.5 Å². The van der Waals surface area contributed by atoms with Crippen LogP contribution in [0.4, 0.5) is 112 Å². The van der Waals surface area contributed by atoms with E-state index in [0.29, 0.717) is 151 Å². The molecule has 11 aliphatic rings. The van der Waals surface area contributed by atoms with E-state index in [1.165, 1.54) is 171 Å². The van der Waals surface area contributed by atoms with Crippen LogP contribution >= 0.6 is 11.6 Å². The summed E-state index contributed by atoms with van der Waals surface area (Å²) < 4.78 is 150. The number of carbonyl (C=O) groups excluding carboxylic acids is 2. The minimum atomic E-state index is -1.21. The lowest BCUT2D eigenvalue weighted by Gasteiger charge is -2.38. The molecule has 28 nitrogen and oxygen atoms in total. The van der Waals surface area contributed by atoms with Crippen molar-refractivity contribution in [1.82, 2.24) is 35.0 Å². The van der Waals surface area contributed by atoms with E-state index in [1.54, 1.807) is 35.2 Å². The molecule has 39 heteroatoms. The van der Waals surface area contributed by atoms with Gasteiger partial charge >= 0.3 is 0 Å². The summed E-state index contributed by atoms with van der Waals surface area (Å²) in [6.07, 6.45) is 24.1. The lowest BCUT2D eigenvalue weighted by Crippen LogP contribution is -2.44. The number of piperidine rings is 4. The molecule has 12 heterocycles. The number of ketones is 2. The van der Waals surface area contributed by atoms with E-state index in [0.717, 1.165) is 128 Å². The monoisotopic (exact) mass is 2000 g/mol. The van der Waals surface area contributed by atoms with Gasteiger partial charge in [0.1, 0.15) is 59.4 Å². The molecule has 9 aromatic rings. The fourth-order valence-corrected chi connectivity index (χ4v) is 19.7. The molecule has 2 aromatic heterocycles. The van der Waals surface area contributed by atoms with E-state index in [9.17, 15) is 75.1 Å². The molecule has 0 spiro atoms. The number of likely N-dealkylation sites (tertiary alicyclic amines) is 3. The summed E-state index contributed by atoms with van der Waals surface area (Å²) in [4.78, 5) is 82.3. The Labute approximate surface area is 825 Å². The van der Waals surface area contributed by atoms with Gasteiger partial charge in [-0.15, -0.1) is 0 Å². The number of nitrogens with zero attached hydrogens (tertiary/aromatic N) is 15. The van der Waals surface area contributed by atoms with Crippen LogP contribution in [0, 0.1) is 88.5 Å². The molecule has 0 unspecified atom stereocenters. The molecule has 1 saturated carbocycles. The van der Waals surface area contributed by atoms with Crippen LogP contribution in [0.2, 0.25) is 5.28 Å². The Morgan fingerprint density at radius 1 is 0.387 bits per heavy atom. The largest absolute Gasteiger partial charge is 0.486 e. The number of hydrogen-bond donors (Lipinski definition) is 3. The third-order valence-corrected chi connectivity index (χ3v) is 27.4. The highest BCUT2D eigenvalue weighted by molar-refractivity contribution is 6.28. The summed E-state index contributed by atoms with van der Waals surface area (Å²) >= 11 is 5.71. The lowest BCUT2D eigenvalue weighted by molar-refractivity contribution is -0.385. The predicted molar refractivity (Wildman–Crippen MR) is 532 cm³/mol. The molecule has 8 saturated heterocycles. The van der Waals surface area contributed by atoms with Crippen molar-refractivity contribution in [3.8, 4) is 34.0 Å². The van der Waals surface area contributed by atoms with Crippen molar-refractivity contribution in [3.63, 3.8) is 0 Å². The average molecular weight is 2000 g/mol. The van der Waals surface area contributed by atoms with Gasteiger partial charge in [0.15, 0.2) is 52.2 Å². The summed E-state index contributed by atoms with van der Waals surface area (Å²) in [7, 11) is 0. The highest BCUT2D eigenvalue weighted by Gasteiger charge is 2.35. The number of nitrogens with one attached hydrogen (secondary N) is 2. The number of nitro groups is 3. The number of Topliss-reactive ketones (excluding diaryl/α,β-unsaturated/α-hetero) is 2. The maximum atomic E-state index is 15.2. The lowest BCUT2D eigenvalue weighted by atomic mass is 10.00. The van der Waals surface area contributed by atoms with E-state index >= 15 is 8.78 Å². The van der Waals surface area contributed by atoms with Crippen molar-refractivity contribution in [3.05, 3.63) is 227 Å². The van der Waals surface area contributed by atoms with Gasteiger partial charge in [-0.05, 0) is 285 Å². The van der Waals surface area contributed by atoms with Crippen LogP contribution in [-0.2, 0) is 9.59 Å². The van der Waals surface area contributed by atoms with Gasteiger partial charge in [0, 0.05) is 149 Å². The first-order valence-electron chi connectivity index (χ1n) is 49.2.